The van der Waals surface area contributed by atoms with Crippen LogP contribution in [0.25, 0.3) is 5.69 Å². The molecule has 0 fully saturated rings. The van der Waals surface area contributed by atoms with Crippen LogP contribution in [0.3, 0.4) is 0 Å². The van der Waals surface area contributed by atoms with Crippen molar-refractivity contribution in [2.75, 3.05) is 12.3 Å². The predicted octanol–water partition coefficient (Wildman–Crippen LogP) is 4.02. The Labute approximate surface area is 156 Å². The van der Waals surface area contributed by atoms with E-state index in [-0.39, 0.29) is 5.91 Å². The first-order valence-corrected chi connectivity index (χ1v) is 9.82. The van der Waals surface area contributed by atoms with Crippen molar-refractivity contribution in [3.8, 4) is 5.69 Å². The van der Waals surface area contributed by atoms with Gasteiger partial charge in [-0.25, -0.2) is 0 Å². The van der Waals surface area contributed by atoms with E-state index in [1.54, 1.807) is 6.33 Å². The van der Waals surface area contributed by atoms with Crippen molar-refractivity contribution in [1.82, 2.24) is 20.1 Å². The number of benzene rings is 1. The van der Waals surface area contributed by atoms with Crippen LogP contribution in [0, 0.1) is 0 Å². The van der Waals surface area contributed by atoms with E-state index < -0.39 is 0 Å². The topological polar surface area (TPSA) is 59.8 Å². The average Bonchev–Trinajstić information content (AvgIpc) is 3.09. The van der Waals surface area contributed by atoms with Gasteiger partial charge in [0, 0.05) is 11.6 Å². The normalized spacial score (nSPS) is 14.2. The van der Waals surface area contributed by atoms with Crippen LogP contribution < -0.4 is 5.32 Å². The zero-order valence-corrected chi connectivity index (χ0v) is 15.5. The summed E-state index contributed by atoms with van der Waals surface area (Å²) >= 11 is 7.40. The highest BCUT2D eigenvalue weighted by Gasteiger charge is 2.11. The molecule has 0 saturated carbocycles. The molecular weight excluding hydrogens is 356 g/mol. The third-order valence-electron chi connectivity index (χ3n) is 4.09. The van der Waals surface area contributed by atoms with Gasteiger partial charge in [-0.05, 0) is 50.3 Å². The van der Waals surface area contributed by atoms with Gasteiger partial charge in [0.05, 0.1) is 11.4 Å². The molecule has 1 aliphatic rings. The van der Waals surface area contributed by atoms with Gasteiger partial charge in [0.2, 0.25) is 5.91 Å². The van der Waals surface area contributed by atoms with Crippen LogP contribution in [0.1, 0.15) is 32.1 Å². The van der Waals surface area contributed by atoms with Crippen molar-refractivity contribution < 1.29 is 4.79 Å². The van der Waals surface area contributed by atoms with Crippen molar-refractivity contribution in [1.29, 1.82) is 0 Å². The van der Waals surface area contributed by atoms with E-state index in [1.807, 2.05) is 28.8 Å². The van der Waals surface area contributed by atoms with E-state index in [0.717, 1.165) is 12.1 Å². The standard InChI is InChI=1S/C18H21ClN4OS/c19-15-7-4-8-16(11-15)23-13-21-22-18(23)25-12-17(24)20-10-9-14-5-2-1-3-6-14/h4-5,7-8,11,13H,1-3,6,9-10,12H2,(H,20,24). The fourth-order valence-electron chi connectivity index (χ4n) is 2.80. The third kappa shape index (κ3) is 5.34. The summed E-state index contributed by atoms with van der Waals surface area (Å²) in [5.41, 5.74) is 2.35. The maximum atomic E-state index is 12.1. The van der Waals surface area contributed by atoms with Gasteiger partial charge in [0.15, 0.2) is 5.16 Å². The minimum absolute atomic E-state index is 0.0158. The largest absolute Gasteiger partial charge is 0.355 e. The monoisotopic (exact) mass is 376 g/mol. The molecule has 1 N–H and O–H groups in total. The van der Waals surface area contributed by atoms with Crippen LogP contribution in [0.2, 0.25) is 5.02 Å². The van der Waals surface area contributed by atoms with Crippen molar-refractivity contribution >= 4 is 29.3 Å². The molecule has 0 bridgehead atoms. The van der Waals surface area contributed by atoms with E-state index in [9.17, 15) is 4.79 Å². The molecule has 1 aromatic carbocycles. The van der Waals surface area contributed by atoms with Crippen LogP contribution >= 0.6 is 23.4 Å². The highest BCUT2D eigenvalue weighted by molar-refractivity contribution is 7.99. The molecule has 0 radical (unpaired) electrons. The lowest BCUT2D eigenvalue weighted by atomic mass is 9.97. The molecule has 0 atom stereocenters. The molecule has 7 heteroatoms. The number of rotatable bonds is 7. The van der Waals surface area contributed by atoms with Crippen molar-refractivity contribution in [3.63, 3.8) is 0 Å². The molecule has 1 heterocycles. The van der Waals surface area contributed by atoms with E-state index in [4.69, 9.17) is 11.6 Å². The minimum Gasteiger partial charge on any atom is -0.355 e. The molecule has 0 saturated heterocycles. The van der Waals surface area contributed by atoms with Crippen molar-refractivity contribution in [2.45, 2.75) is 37.3 Å². The number of carbonyl (C=O) groups excluding carboxylic acids is 1. The van der Waals surface area contributed by atoms with Crippen LogP contribution in [-0.2, 0) is 4.79 Å². The molecule has 5 nitrogen and oxygen atoms in total. The first kappa shape index (κ1) is 18.0. The number of aromatic nitrogens is 3. The Balaban J connectivity index is 1.48. The zero-order valence-electron chi connectivity index (χ0n) is 13.9. The quantitative estimate of drug-likeness (QED) is 0.585. The molecule has 0 unspecified atom stereocenters. The summed E-state index contributed by atoms with van der Waals surface area (Å²) in [6, 6.07) is 7.46. The summed E-state index contributed by atoms with van der Waals surface area (Å²) < 4.78 is 1.83. The van der Waals surface area contributed by atoms with E-state index in [2.05, 4.69) is 21.6 Å². The summed E-state index contributed by atoms with van der Waals surface area (Å²) in [7, 11) is 0. The number of hydrogen-bond acceptors (Lipinski definition) is 4. The molecule has 1 amide bonds. The van der Waals surface area contributed by atoms with Crippen LogP contribution in [0.4, 0.5) is 0 Å². The number of carbonyl (C=O) groups is 1. The summed E-state index contributed by atoms with van der Waals surface area (Å²) in [6.45, 7) is 0.701. The van der Waals surface area contributed by atoms with Crippen molar-refractivity contribution in [2.24, 2.45) is 0 Å². The average molecular weight is 377 g/mol. The fourth-order valence-corrected chi connectivity index (χ4v) is 3.74. The van der Waals surface area contributed by atoms with Gasteiger partial charge in [-0.1, -0.05) is 41.1 Å². The molecule has 0 aliphatic heterocycles. The lowest BCUT2D eigenvalue weighted by Crippen LogP contribution is -2.26. The first-order chi connectivity index (χ1) is 12.2. The molecule has 1 aliphatic carbocycles. The Kier molecular flexibility index (Phi) is 6.53. The van der Waals surface area contributed by atoms with E-state index >= 15 is 0 Å². The van der Waals surface area contributed by atoms with E-state index in [1.165, 1.54) is 43.0 Å². The van der Waals surface area contributed by atoms with Gasteiger partial charge in [-0.15, -0.1) is 10.2 Å². The summed E-state index contributed by atoms with van der Waals surface area (Å²) in [5.74, 6) is 0.334. The minimum atomic E-state index is 0.0158. The SMILES string of the molecule is O=C(CSc1nncn1-c1cccc(Cl)c1)NCCC1=CCCCC1. The van der Waals surface area contributed by atoms with Gasteiger partial charge in [-0.2, -0.15) is 0 Å². The number of allylic oxidation sites excluding steroid dienone is 1. The fraction of sp³-hybridized carbons (Fsp3) is 0.389. The molecule has 25 heavy (non-hydrogen) atoms. The Morgan fingerprint density at radius 2 is 2.28 bits per heavy atom. The van der Waals surface area contributed by atoms with Crippen LogP contribution in [0.15, 0.2) is 47.4 Å². The van der Waals surface area contributed by atoms with Crippen LogP contribution in [-0.4, -0.2) is 33.0 Å². The summed E-state index contributed by atoms with van der Waals surface area (Å²) in [4.78, 5) is 12.1. The lowest BCUT2D eigenvalue weighted by molar-refractivity contribution is -0.118. The second-order valence-corrected chi connectivity index (χ2v) is 7.34. The Morgan fingerprint density at radius 1 is 1.36 bits per heavy atom. The Bertz CT molecular complexity index is 759. The number of amides is 1. The second-order valence-electron chi connectivity index (χ2n) is 5.96. The Morgan fingerprint density at radius 3 is 3.08 bits per heavy atom. The lowest BCUT2D eigenvalue weighted by Gasteiger charge is -2.12. The molecule has 2 aromatic rings. The maximum Gasteiger partial charge on any atom is 0.230 e. The number of nitrogens with one attached hydrogen (secondary N) is 1. The number of halogens is 1. The van der Waals surface area contributed by atoms with Gasteiger partial charge in [-0.3, -0.25) is 9.36 Å². The zero-order chi connectivity index (χ0) is 17.5. The highest BCUT2D eigenvalue weighted by atomic mass is 35.5. The molecular formula is C18H21ClN4OS. The number of nitrogens with zero attached hydrogens (tertiary/aromatic N) is 3. The van der Waals surface area contributed by atoms with Gasteiger partial charge in [0.1, 0.15) is 6.33 Å². The maximum absolute atomic E-state index is 12.1. The molecule has 1 aromatic heterocycles. The third-order valence-corrected chi connectivity index (χ3v) is 5.27. The van der Waals surface area contributed by atoms with E-state index in [0.29, 0.717) is 22.5 Å². The van der Waals surface area contributed by atoms with Crippen LogP contribution in [0.5, 0.6) is 0 Å². The first-order valence-electron chi connectivity index (χ1n) is 8.46. The Hall–Kier alpha value is -1.79. The van der Waals surface area contributed by atoms with Crippen molar-refractivity contribution in [3.05, 3.63) is 47.3 Å². The summed E-state index contributed by atoms with van der Waals surface area (Å²) in [6.07, 6.45) is 9.81. The number of hydrogen-bond donors (Lipinski definition) is 1. The van der Waals surface area contributed by atoms with Gasteiger partial charge >= 0.3 is 0 Å². The second kappa shape index (κ2) is 9.06. The molecule has 132 valence electrons. The number of thioether (sulfide) groups is 1. The summed E-state index contributed by atoms with van der Waals surface area (Å²) in [5, 5.41) is 12.3. The molecule has 3 rings (SSSR count). The van der Waals surface area contributed by atoms with Gasteiger partial charge in [0.25, 0.3) is 0 Å². The highest BCUT2D eigenvalue weighted by Crippen LogP contribution is 2.22. The molecule has 0 spiro atoms. The smallest absolute Gasteiger partial charge is 0.230 e. The predicted molar refractivity (Wildman–Crippen MR) is 101 cm³/mol. The van der Waals surface area contributed by atoms with Gasteiger partial charge < -0.3 is 5.32 Å².